The van der Waals surface area contributed by atoms with Gasteiger partial charge in [-0.1, -0.05) is 42.5 Å². The van der Waals surface area contributed by atoms with E-state index in [1.165, 1.54) is 23.5 Å². The van der Waals surface area contributed by atoms with Gasteiger partial charge in [-0.25, -0.2) is 9.37 Å². The molecule has 0 bridgehead atoms. The Hall–Kier alpha value is -3.96. The number of anilines is 1. The highest BCUT2D eigenvalue weighted by atomic mass is 32.1. The molecule has 2 aromatic carbocycles. The van der Waals surface area contributed by atoms with Crippen LogP contribution in [-0.4, -0.2) is 17.5 Å². The predicted octanol–water partition coefficient (Wildman–Crippen LogP) is 5.23. The van der Waals surface area contributed by atoms with Crippen molar-refractivity contribution in [1.82, 2.24) is 10.3 Å². The Labute approximate surface area is 187 Å². The highest BCUT2D eigenvalue weighted by Crippen LogP contribution is 2.47. The first-order valence-corrected chi connectivity index (χ1v) is 10.8. The first kappa shape index (κ1) is 20.0. The van der Waals surface area contributed by atoms with Gasteiger partial charge in [0.25, 0.3) is 5.91 Å². The normalized spacial score (nSPS) is 14.9. The van der Waals surface area contributed by atoms with Gasteiger partial charge in [-0.2, -0.15) is 5.26 Å². The van der Waals surface area contributed by atoms with Gasteiger partial charge in [0.1, 0.15) is 33.3 Å². The Morgan fingerprint density at radius 1 is 1.16 bits per heavy atom. The van der Waals surface area contributed by atoms with Gasteiger partial charge in [0.15, 0.2) is 0 Å². The molecule has 1 amide bonds. The molecular formula is C24H17FN4O2S. The van der Waals surface area contributed by atoms with Gasteiger partial charge in [-0.3, -0.25) is 4.79 Å². The number of carbonyl (C=O) groups is 1. The van der Waals surface area contributed by atoms with Crippen molar-refractivity contribution in [3.63, 3.8) is 0 Å². The molecule has 0 saturated carbocycles. The van der Waals surface area contributed by atoms with Crippen molar-refractivity contribution in [3.05, 3.63) is 76.4 Å². The highest BCUT2D eigenvalue weighted by molar-refractivity contribution is 7.21. The number of ether oxygens (including phenoxy) is 1. The van der Waals surface area contributed by atoms with Crippen LogP contribution in [0, 0.1) is 17.1 Å². The number of fused-ring (bicyclic) bond motifs is 3. The molecule has 0 saturated heterocycles. The quantitative estimate of drug-likeness (QED) is 0.450. The van der Waals surface area contributed by atoms with Crippen LogP contribution in [0.15, 0.2) is 54.6 Å². The number of benzene rings is 2. The van der Waals surface area contributed by atoms with Crippen LogP contribution in [-0.2, 0) is 0 Å². The number of nitrogens with one attached hydrogen (secondary N) is 2. The zero-order chi connectivity index (χ0) is 22.2. The van der Waals surface area contributed by atoms with Gasteiger partial charge in [-0.15, -0.1) is 11.3 Å². The summed E-state index contributed by atoms with van der Waals surface area (Å²) in [5.41, 5.74) is 3.12. The van der Waals surface area contributed by atoms with Crippen LogP contribution in [0.25, 0.3) is 21.3 Å². The van der Waals surface area contributed by atoms with Crippen LogP contribution < -0.4 is 15.4 Å². The number of nitriles is 1. The Morgan fingerprint density at radius 3 is 2.59 bits per heavy atom. The minimum atomic E-state index is -0.547. The van der Waals surface area contributed by atoms with Gasteiger partial charge in [-0.05, 0) is 30.2 Å². The lowest BCUT2D eigenvalue weighted by Gasteiger charge is -2.27. The maximum absolute atomic E-state index is 13.4. The highest BCUT2D eigenvalue weighted by Gasteiger charge is 2.32. The van der Waals surface area contributed by atoms with Crippen LogP contribution in [0.4, 0.5) is 10.1 Å². The number of hydrogen-bond acceptors (Lipinski definition) is 6. The van der Waals surface area contributed by atoms with Crippen LogP contribution in [0.3, 0.4) is 0 Å². The number of aromatic nitrogens is 1. The van der Waals surface area contributed by atoms with Crippen LogP contribution in [0.5, 0.6) is 5.88 Å². The summed E-state index contributed by atoms with van der Waals surface area (Å²) in [6.07, 6.45) is -0.547. The summed E-state index contributed by atoms with van der Waals surface area (Å²) in [6, 6.07) is 17.7. The number of carbonyl (C=O) groups excluding carboxylic acids is 1. The monoisotopic (exact) mass is 444 g/mol. The van der Waals surface area contributed by atoms with E-state index in [-0.39, 0.29) is 17.6 Å². The van der Waals surface area contributed by atoms with Crippen LogP contribution in [0.1, 0.15) is 33.9 Å². The van der Waals surface area contributed by atoms with E-state index in [2.05, 4.69) is 21.7 Å². The van der Waals surface area contributed by atoms with Crippen molar-refractivity contribution >= 4 is 33.1 Å². The minimum Gasteiger partial charge on any atom is -0.477 e. The third-order valence-corrected chi connectivity index (χ3v) is 6.32. The molecule has 6 nitrogen and oxygen atoms in total. The summed E-state index contributed by atoms with van der Waals surface area (Å²) in [5, 5.41) is 17.0. The third-order valence-electron chi connectivity index (χ3n) is 5.24. The fraction of sp³-hybridized carbons (Fsp3) is 0.125. The van der Waals surface area contributed by atoms with E-state index in [0.717, 1.165) is 5.56 Å². The Kier molecular flexibility index (Phi) is 4.96. The number of pyridine rings is 1. The van der Waals surface area contributed by atoms with Crippen LogP contribution in [0.2, 0.25) is 0 Å². The van der Waals surface area contributed by atoms with E-state index in [1.807, 2.05) is 37.3 Å². The molecule has 0 spiro atoms. The Balaban J connectivity index is 1.77. The first-order valence-electron chi connectivity index (χ1n) is 10.0. The Morgan fingerprint density at radius 2 is 1.91 bits per heavy atom. The summed E-state index contributed by atoms with van der Waals surface area (Å²) in [5.74, 6) is -0.364. The number of hydrogen-bond donors (Lipinski definition) is 2. The number of thiophene rings is 1. The van der Waals surface area contributed by atoms with Crippen molar-refractivity contribution in [2.45, 2.75) is 13.1 Å². The van der Waals surface area contributed by atoms with E-state index in [1.54, 1.807) is 12.1 Å². The van der Waals surface area contributed by atoms with E-state index in [0.29, 0.717) is 44.1 Å². The second-order valence-electron chi connectivity index (χ2n) is 7.17. The van der Waals surface area contributed by atoms with Crippen molar-refractivity contribution in [1.29, 1.82) is 5.26 Å². The van der Waals surface area contributed by atoms with E-state index in [4.69, 9.17) is 4.74 Å². The molecule has 1 atom stereocenters. The van der Waals surface area contributed by atoms with Gasteiger partial charge in [0.2, 0.25) is 5.88 Å². The third kappa shape index (κ3) is 3.24. The smallest absolute Gasteiger partial charge is 0.265 e. The summed E-state index contributed by atoms with van der Waals surface area (Å²) >= 11 is 1.24. The first-order chi connectivity index (χ1) is 15.6. The second kappa shape index (κ2) is 7.94. The molecule has 2 aromatic heterocycles. The average molecular weight is 444 g/mol. The van der Waals surface area contributed by atoms with Crippen molar-refractivity contribution in [3.8, 4) is 23.1 Å². The fourth-order valence-corrected chi connectivity index (χ4v) is 4.89. The molecule has 8 heteroatoms. The summed E-state index contributed by atoms with van der Waals surface area (Å²) in [4.78, 5) is 18.6. The number of rotatable bonds is 4. The molecule has 5 rings (SSSR count). The van der Waals surface area contributed by atoms with Crippen molar-refractivity contribution in [2.24, 2.45) is 0 Å². The SMILES string of the molecule is CCOc1nc2sc3c(c2c(-c2ccccc2)c1C#N)NC(c1ccc(F)cc1)NC3=O. The lowest BCUT2D eigenvalue weighted by molar-refractivity contribution is 0.0940. The molecule has 3 heterocycles. The van der Waals surface area contributed by atoms with Crippen molar-refractivity contribution < 1.29 is 13.9 Å². The molecule has 1 unspecified atom stereocenters. The summed E-state index contributed by atoms with van der Waals surface area (Å²) < 4.78 is 19.1. The molecule has 0 aliphatic carbocycles. The van der Waals surface area contributed by atoms with E-state index >= 15 is 0 Å². The van der Waals surface area contributed by atoms with Gasteiger partial charge in [0.05, 0.1) is 12.3 Å². The molecule has 2 N–H and O–H groups in total. The second-order valence-corrected chi connectivity index (χ2v) is 8.17. The lowest BCUT2D eigenvalue weighted by atomic mass is 9.97. The zero-order valence-electron chi connectivity index (χ0n) is 17.0. The van der Waals surface area contributed by atoms with Crippen LogP contribution >= 0.6 is 11.3 Å². The number of halogens is 1. The topological polar surface area (TPSA) is 87.0 Å². The average Bonchev–Trinajstić information content (AvgIpc) is 3.18. The van der Waals surface area contributed by atoms with Gasteiger partial charge < -0.3 is 15.4 Å². The largest absolute Gasteiger partial charge is 0.477 e. The fourth-order valence-electron chi connectivity index (χ4n) is 3.84. The number of nitrogens with zero attached hydrogens (tertiary/aromatic N) is 2. The molecule has 1 aliphatic rings. The lowest BCUT2D eigenvalue weighted by Crippen LogP contribution is -2.37. The van der Waals surface area contributed by atoms with E-state index in [9.17, 15) is 14.4 Å². The predicted molar refractivity (Wildman–Crippen MR) is 121 cm³/mol. The molecule has 0 radical (unpaired) electrons. The molecule has 0 fully saturated rings. The molecule has 1 aliphatic heterocycles. The van der Waals surface area contributed by atoms with Crippen molar-refractivity contribution in [2.75, 3.05) is 11.9 Å². The summed E-state index contributed by atoms with van der Waals surface area (Å²) in [6.45, 7) is 2.19. The zero-order valence-corrected chi connectivity index (χ0v) is 17.8. The number of amides is 1. The van der Waals surface area contributed by atoms with Gasteiger partial charge in [0, 0.05) is 10.9 Å². The van der Waals surface area contributed by atoms with E-state index < -0.39 is 6.17 Å². The maximum atomic E-state index is 13.4. The maximum Gasteiger partial charge on any atom is 0.265 e. The minimum absolute atomic E-state index is 0.246. The molecule has 4 aromatic rings. The molecule has 158 valence electrons. The standard InChI is InChI=1S/C24H17FN4O2S/c1-2-31-23-16(12-26)17(13-6-4-3-5-7-13)18-19-20(32-24(18)29-23)22(30)28-21(27-19)14-8-10-15(25)11-9-14/h3-11,21,27H,2H2,1H3,(H,28,30). The Bertz CT molecular complexity index is 1380. The summed E-state index contributed by atoms with van der Waals surface area (Å²) in [7, 11) is 0. The molecule has 32 heavy (non-hydrogen) atoms. The van der Waals surface area contributed by atoms with Gasteiger partial charge >= 0.3 is 0 Å². The molecular weight excluding hydrogens is 427 g/mol.